The highest BCUT2D eigenvalue weighted by molar-refractivity contribution is 6.33. The second-order valence-electron chi connectivity index (χ2n) is 5.19. The number of hydrogen-bond acceptors (Lipinski definition) is 2. The van der Waals surface area contributed by atoms with Gasteiger partial charge in [0.05, 0.1) is 12.7 Å². The van der Waals surface area contributed by atoms with Gasteiger partial charge in [0.15, 0.2) is 0 Å². The van der Waals surface area contributed by atoms with E-state index in [1.807, 2.05) is 18.2 Å². The first kappa shape index (κ1) is 12.7. The summed E-state index contributed by atoms with van der Waals surface area (Å²) in [5, 5.41) is 5.06. The molecule has 0 radical (unpaired) electrons. The molecule has 18 heavy (non-hydrogen) atoms. The molecule has 3 rings (SSSR count). The molecule has 0 spiro atoms. The molecule has 1 aliphatic carbocycles. The zero-order chi connectivity index (χ0) is 12.5. The minimum Gasteiger partial charge on any atom is -0.372 e. The van der Waals surface area contributed by atoms with E-state index < -0.39 is 0 Å². The van der Waals surface area contributed by atoms with E-state index in [1.54, 1.807) is 0 Å². The van der Waals surface area contributed by atoms with Crippen LogP contribution in [0.2, 0.25) is 10.0 Å². The molecule has 1 N–H and O–H groups in total. The Hall–Kier alpha value is -0.280. The number of nitrogens with one attached hydrogen (secondary N) is 1. The normalized spacial score (nSPS) is 32.0. The Morgan fingerprint density at radius 3 is 3.00 bits per heavy atom. The summed E-state index contributed by atoms with van der Waals surface area (Å²) in [6.45, 7) is 1.65. The molecule has 0 bridgehead atoms. The summed E-state index contributed by atoms with van der Waals surface area (Å²) in [4.78, 5) is 0. The fourth-order valence-corrected chi connectivity index (χ4v) is 3.44. The van der Waals surface area contributed by atoms with Gasteiger partial charge in [0.2, 0.25) is 0 Å². The maximum absolute atomic E-state index is 6.24. The third-order valence-corrected chi connectivity index (χ3v) is 4.62. The zero-order valence-electron chi connectivity index (χ0n) is 10.2. The van der Waals surface area contributed by atoms with Crippen LogP contribution in [0, 0.1) is 5.92 Å². The quantitative estimate of drug-likeness (QED) is 0.847. The number of fused-ring (bicyclic) bond motifs is 1. The van der Waals surface area contributed by atoms with E-state index in [0.717, 1.165) is 23.7 Å². The molecule has 0 aromatic heterocycles. The summed E-state index contributed by atoms with van der Waals surface area (Å²) in [6.07, 6.45) is 3.87. The minimum absolute atomic E-state index is 0.0156. The molecule has 1 aromatic rings. The van der Waals surface area contributed by atoms with Gasteiger partial charge < -0.3 is 10.1 Å². The van der Waals surface area contributed by atoms with Crippen molar-refractivity contribution in [2.75, 3.05) is 13.2 Å². The molecule has 1 aromatic carbocycles. The summed E-state index contributed by atoms with van der Waals surface area (Å²) in [5.41, 5.74) is 0.997. The van der Waals surface area contributed by atoms with Crippen molar-refractivity contribution in [1.29, 1.82) is 0 Å². The monoisotopic (exact) mass is 285 g/mol. The van der Waals surface area contributed by atoms with Crippen LogP contribution in [0.3, 0.4) is 0 Å². The fraction of sp³-hybridized carbons (Fsp3) is 0.571. The molecule has 1 saturated carbocycles. The van der Waals surface area contributed by atoms with E-state index in [2.05, 4.69) is 5.32 Å². The molecule has 0 amide bonds. The highest BCUT2D eigenvalue weighted by atomic mass is 35.5. The molecule has 3 atom stereocenters. The molecule has 1 heterocycles. The molecule has 3 unspecified atom stereocenters. The van der Waals surface area contributed by atoms with Crippen LogP contribution >= 0.6 is 23.2 Å². The number of rotatable bonds is 1. The average Bonchev–Trinajstić information content (AvgIpc) is 2.72. The molecule has 4 heteroatoms. The van der Waals surface area contributed by atoms with Crippen LogP contribution in [0.5, 0.6) is 0 Å². The molecular weight excluding hydrogens is 269 g/mol. The van der Waals surface area contributed by atoms with Crippen LogP contribution in [-0.2, 0) is 4.74 Å². The molecular formula is C14H17Cl2NO. The van der Waals surface area contributed by atoms with Crippen LogP contribution in [0.4, 0.5) is 0 Å². The van der Waals surface area contributed by atoms with Gasteiger partial charge in [0.1, 0.15) is 0 Å². The number of hydrogen-bond donors (Lipinski definition) is 1. The van der Waals surface area contributed by atoms with Crippen molar-refractivity contribution in [3.63, 3.8) is 0 Å². The standard InChI is InChI=1S/C14H17Cl2NO/c15-10-4-5-12(16)11(6-10)14-7-17-13-3-1-2-9(13)8-18-14/h4-6,9,13-14,17H,1-3,7-8H2. The molecule has 1 saturated heterocycles. The van der Waals surface area contributed by atoms with E-state index in [-0.39, 0.29) is 6.10 Å². The van der Waals surface area contributed by atoms with Crippen molar-refractivity contribution < 1.29 is 4.74 Å². The molecule has 2 nitrogen and oxygen atoms in total. The maximum atomic E-state index is 6.24. The number of benzene rings is 1. The number of ether oxygens (including phenoxy) is 1. The zero-order valence-corrected chi connectivity index (χ0v) is 11.7. The summed E-state index contributed by atoms with van der Waals surface area (Å²) in [5.74, 6) is 0.660. The first-order chi connectivity index (χ1) is 8.74. The van der Waals surface area contributed by atoms with Crippen LogP contribution < -0.4 is 5.32 Å². The predicted molar refractivity (Wildman–Crippen MR) is 74.3 cm³/mol. The summed E-state index contributed by atoms with van der Waals surface area (Å²) < 4.78 is 6.03. The van der Waals surface area contributed by atoms with E-state index in [9.17, 15) is 0 Å². The first-order valence-electron chi connectivity index (χ1n) is 6.54. The maximum Gasteiger partial charge on any atom is 0.0964 e. The fourth-order valence-electron chi connectivity index (χ4n) is 3.02. The largest absolute Gasteiger partial charge is 0.372 e. The summed E-state index contributed by atoms with van der Waals surface area (Å²) in [6, 6.07) is 6.19. The third-order valence-electron chi connectivity index (χ3n) is 4.04. The van der Waals surface area contributed by atoms with Crippen molar-refractivity contribution in [3.05, 3.63) is 33.8 Å². The second-order valence-corrected chi connectivity index (χ2v) is 6.04. The van der Waals surface area contributed by atoms with Crippen molar-refractivity contribution in [2.24, 2.45) is 5.92 Å². The van der Waals surface area contributed by atoms with Gasteiger partial charge in [-0.05, 0) is 37.0 Å². The average molecular weight is 286 g/mol. The Labute approximate surface area is 118 Å². The SMILES string of the molecule is Clc1ccc(Cl)c(C2CNC3CCCC3CO2)c1. The van der Waals surface area contributed by atoms with E-state index >= 15 is 0 Å². The van der Waals surface area contributed by atoms with Gasteiger partial charge in [-0.15, -0.1) is 0 Å². The predicted octanol–water partition coefficient (Wildman–Crippen LogP) is 3.82. The van der Waals surface area contributed by atoms with Crippen molar-refractivity contribution in [3.8, 4) is 0 Å². The van der Waals surface area contributed by atoms with Crippen molar-refractivity contribution in [2.45, 2.75) is 31.4 Å². The van der Waals surface area contributed by atoms with Crippen LogP contribution in [-0.4, -0.2) is 19.2 Å². The Kier molecular flexibility index (Phi) is 3.81. The lowest BCUT2D eigenvalue weighted by atomic mass is 10.1. The Balaban J connectivity index is 1.78. The van der Waals surface area contributed by atoms with Crippen LogP contribution in [0.15, 0.2) is 18.2 Å². The van der Waals surface area contributed by atoms with Gasteiger partial charge in [0, 0.05) is 28.2 Å². The Morgan fingerprint density at radius 2 is 2.11 bits per heavy atom. The lowest BCUT2D eigenvalue weighted by molar-refractivity contribution is 0.0474. The van der Waals surface area contributed by atoms with Gasteiger partial charge in [0.25, 0.3) is 0 Å². The third kappa shape index (κ3) is 2.53. The lowest BCUT2D eigenvalue weighted by Crippen LogP contribution is -2.32. The molecule has 1 aliphatic heterocycles. The smallest absolute Gasteiger partial charge is 0.0964 e. The second kappa shape index (κ2) is 5.38. The molecule has 2 aliphatic rings. The van der Waals surface area contributed by atoms with Gasteiger partial charge in [-0.2, -0.15) is 0 Å². The minimum atomic E-state index is 0.0156. The lowest BCUT2D eigenvalue weighted by Gasteiger charge is -2.18. The Bertz CT molecular complexity index is 424. The molecule has 98 valence electrons. The van der Waals surface area contributed by atoms with Gasteiger partial charge in [-0.3, -0.25) is 0 Å². The topological polar surface area (TPSA) is 21.3 Å². The van der Waals surface area contributed by atoms with Crippen molar-refractivity contribution >= 4 is 23.2 Å². The highest BCUT2D eigenvalue weighted by Crippen LogP contribution is 2.34. The van der Waals surface area contributed by atoms with E-state index in [1.165, 1.54) is 19.3 Å². The highest BCUT2D eigenvalue weighted by Gasteiger charge is 2.32. The Morgan fingerprint density at radius 1 is 1.22 bits per heavy atom. The van der Waals surface area contributed by atoms with Gasteiger partial charge in [-0.25, -0.2) is 0 Å². The van der Waals surface area contributed by atoms with Crippen LogP contribution in [0.25, 0.3) is 0 Å². The summed E-state index contributed by atoms with van der Waals surface area (Å²) >= 11 is 12.3. The first-order valence-corrected chi connectivity index (χ1v) is 7.29. The van der Waals surface area contributed by atoms with Crippen molar-refractivity contribution in [1.82, 2.24) is 5.32 Å². The van der Waals surface area contributed by atoms with E-state index in [4.69, 9.17) is 27.9 Å². The summed E-state index contributed by atoms with van der Waals surface area (Å²) in [7, 11) is 0. The molecule has 2 fully saturated rings. The van der Waals surface area contributed by atoms with Crippen LogP contribution in [0.1, 0.15) is 30.9 Å². The van der Waals surface area contributed by atoms with Gasteiger partial charge in [-0.1, -0.05) is 29.6 Å². The van der Waals surface area contributed by atoms with E-state index in [0.29, 0.717) is 17.0 Å². The number of halogens is 2. The van der Waals surface area contributed by atoms with Gasteiger partial charge >= 0.3 is 0 Å².